The predicted octanol–water partition coefficient (Wildman–Crippen LogP) is 2.80. The zero-order valence-corrected chi connectivity index (χ0v) is 17.7. The van der Waals surface area contributed by atoms with Gasteiger partial charge in [-0.15, -0.1) is 24.0 Å². The number of carbonyl (C=O) groups excluding carboxylic acids is 1. The van der Waals surface area contributed by atoms with Gasteiger partial charge in [0, 0.05) is 38.6 Å². The Bertz CT molecular complexity index is 535. The highest BCUT2D eigenvalue weighted by Crippen LogP contribution is 2.10. The molecule has 140 valence electrons. The zero-order chi connectivity index (χ0) is 17.2. The number of halogens is 1. The van der Waals surface area contributed by atoms with Crippen LogP contribution >= 0.6 is 24.0 Å². The van der Waals surface area contributed by atoms with Gasteiger partial charge in [0.2, 0.25) is 5.91 Å². The van der Waals surface area contributed by atoms with Gasteiger partial charge >= 0.3 is 0 Å². The maximum Gasteiger partial charge on any atom is 0.222 e. The number of hydrogen-bond acceptors (Lipinski definition) is 2. The molecule has 1 heterocycles. The third kappa shape index (κ3) is 7.63. The van der Waals surface area contributed by atoms with Crippen LogP contribution in [0.2, 0.25) is 0 Å². The Hall–Kier alpha value is -1.31. The van der Waals surface area contributed by atoms with Gasteiger partial charge < -0.3 is 15.5 Å². The van der Waals surface area contributed by atoms with Crippen LogP contribution in [0.4, 0.5) is 0 Å². The Kier molecular flexibility index (Phi) is 10.5. The van der Waals surface area contributed by atoms with Crippen LogP contribution in [0.1, 0.15) is 38.7 Å². The van der Waals surface area contributed by atoms with E-state index >= 15 is 0 Å². The van der Waals surface area contributed by atoms with Gasteiger partial charge in [-0.3, -0.25) is 9.79 Å². The minimum atomic E-state index is 0. The van der Waals surface area contributed by atoms with Crippen LogP contribution in [0.5, 0.6) is 0 Å². The van der Waals surface area contributed by atoms with E-state index in [2.05, 4.69) is 46.8 Å². The molecule has 0 radical (unpaired) electrons. The summed E-state index contributed by atoms with van der Waals surface area (Å²) in [7, 11) is 0. The van der Waals surface area contributed by atoms with Crippen molar-refractivity contribution in [2.75, 3.05) is 26.2 Å². The molecule has 0 saturated carbocycles. The summed E-state index contributed by atoms with van der Waals surface area (Å²) in [6.45, 7) is 7.26. The highest BCUT2D eigenvalue weighted by Gasteiger charge is 2.25. The summed E-state index contributed by atoms with van der Waals surface area (Å²) in [6.07, 6.45) is 3.65. The molecular formula is C19H31IN4O. The summed E-state index contributed by atoms with van der Waals surface area (Å²) in [5.41, 5.74) is 1.36. The van der Waals surface area contributed by atoms with Gasteiger partial charge in [-0.25, -0.2) is 0 Å². The van der Waals surface area contributed by atoms with E-state index in [0.29, 0.717) is 12.5 Å². The van der Waals surface area contributed by atoms with Gasteiger partial charge in [0.1, 0.15) is 0 Å². The molecule has 1 saturated heterocycles. The van der Waals surface area contributed by atoms with Crippen LogP contribution in [0.25, 0.3) is 0 Å². The summed E-state index contributed by atoms with van der Waals surface area (Å²) < 4.78 is 0. The Morgan fingerprint density at radius 3 is 2.72 bits per heavy atom. The number of aliphatic imine (C=N–C) groups is 1. The molecule has 0 spiro atoms. The molecule has 25 heavy (non-hydrogen) atoms. The molecule has 1 atom stereocenters. The number of carbonyl (C=O) groups is 1. The number of hydrogen-bond donors (Lipinski definition) is 2. The third-order valence-electron chi connectivity index (χ3n) is 4.26. The second kappa shape index (κ2) is 12.1. The van der Waals surface area contributed by atoms with Crippen molar-refractivity contribution in [3.05, 3.63) is 35.9 Å². The summed E-state index contributed by atoms with van der Waals surface area (Å²) in [4.78, 5) is 18.4. The Morgan fingerprint density at radius 2 is 2.04 bits per heavy atom. The van der Waals surface area contributed by atoms with Crippen molar-refractivity contribution < 1.29 is 4.79 Å². The van der Waals surface area contributed by atoms with Crippen molar-refractivity contribution in [2.24, 2.45) is 4.99 Å². The van der Waals surface area contributed by atoms with Crippen molar-refractivity contribution in [2.45, 2.75) is 45.6 Å². The van der Waals surface area contributed by atoms with Gasteiger partial charge in [-0.1, -0.05) is 37.3 Å². The predicted molar refractivity (Wildman–Crippen MR) is 115 cm³/mol. The Labute approximate surface area is 168 Å². The third-order valence-corrected chi connectivity index (χ3v) is 4.26. The first kappa shape index (κ1) is 21.7. The standard InChI is InChI=1S/C19H30N4O.HI/c1-3-18(24)23-14-12-17(15-23)22-19(20-4-2)21-13-8-11-16-9-6-5-7-10-16;/h5-7,9-10,17H,3-4,8,11-15H2,1-2H3,(H2,20,21,22);1H. The molecule has 2 rings (SSSR count). The molecule has 0 aliphatic carbocycles. The summed E-state index contributed by atoms with van der Waals surface area (Å²) in [5.74, 6) is 1.10. The van der Waals surface area contributed by atoms with E-state index in [0.717, 1.165) is 51.4 Å². The molecule has 1 fully saturated rings. The smallest absolute Gasteiger partial charge is 0.222 e. The lowest BCUT2D eigenvalue weighted by Gasteiger charge is -2.18. The number of nitrogens with one attached hydrogen (secondary N) is 2. The molecule has 5 nitrogen and oxygen atoms in total. The van der Waals surface area contributed by atoms with Crippen molar-refractivity contribution in [1.82, 2.24) is 15.5 Å². The Morgan fingerprint density at radius 1 is 1.28 bits per heavy atom. The molecule has 1 aromatic rings. The largest absolute Gasteiger partial charge is 0.357 e. The lowest BCUT2D eigenvalue weighted by Crippen LogP contribution is -2.45. The molecule has 1 unspecified atom stereocenters. The number of likely N-dealkylation sites (tertiary alicyclic amines) is 1. The molecule has 1 aliphatic heterocycles. The van der Waals surface area contributed by atoms with Crippen molar-refractivity contribution in [3.8, 4) is 0 Å². The van der Waals surface area contributed by atoms with Crippen molar-refractivity contribution in [1.29, 1.82) is 0 Å². The quantitative estimate of drug-likeness (QED) is 0.286. The molecule has 1 amide bonds. The van der Waals surface area contributed by atoms with E-state index in [1.165, 1.54) is 5.56 Å². The van der Waals surface area contributed by atoms with Crippen LogP contribution in [0.15, 0.2) is 35.3 Å². The average Bonchev–Trinajstić information content (AvgIpc) is 3.07. The summed E-state index contributed by atoms with van der Waals surface area (Å²) in [5, 5.41) is 6.77. The first-order valence-electron chi connectivity index (χ1n) is 9.09. The van der Waals surface area contributed by atoms with E-state index < -0.39 is 0 Å². The number of nitrogens with zero attached hydrogens (tertiary/aromatic N) is 2. The van der Waals surface area contributed by atoms with E-state index in [1.807, 2.05) is 17.9 Å². The lowest BCUT2D eigenvalue weighted by molar-refractivity contribution is -0.129. The molecular weight excluding hydrogens is 427 g/mol. The topological polar surface area (TPSA) is 56.7 Å². The number of rotatable bonds is 7. The van der Waals surface area contributed by atoms with Gasteiger partial charge in [0.25, 0.3) is 0 Å². The normalized spacial score (nSPS) is 17.1. The fraction of sp³-hybridized carbons (Fsp3) is 0.579. The molecule has 0 aromatic heterocycles. The molecule has 6 heteroatoms. The Balaban J connectivity index is 0.00000312. The van der Waals surface area contributed by atoms with Crippen LogP contribution in [-0.2, 0) is 11.2 Å². The van der Waals surface area contributed by atoms with Crippen LogP contribution in [-0.4, -0.2) is 49.0 Å². The van der Waals surface area contributed by atoms with E-state index in [1.54, 1.807) is 0 Å². The van der Waals surface area contributed by atoms with E-state index in [-0.39, 0.29) is 29.9 Å². The fourth-order valence-corrected chi connectivity index (χ4v) is 2.96. The lowest BCUT2D eigenvalue weighted by atomic mass is 10.1. The SMILES string of the molecule is CCNC(=NCCCc1ccccc1)NC1CCN(C(=O)CC)C1.I. The first-order chi connectivity index (χ1) is 11.7. The van der Waals surface area contributed by atoms with Gasteiger partial charge in [0.05, 0.1) is 0 Å². The maximum absolute atomic E-state index is 11.8. The van der Waals surface area contributed by atoms with E-state index in [9.17, 15) is 4.79 Å². The van der Waals surface area contributed by atoms with Crippen molar-refractivity contribution >= 4 is 35.8 Å². The maximum atomic E-state index is 11.8. The molecule has 1 aromatic carbocycles. The minimum Gasteiger partial charge on any atom is -0.357 e. The fourth-order valence-electron chi connectivity index (χ4n) is 2.96. The number of guanidine groups is 1. The summed E-state index contributed by atoms with van der Waals surface area (Å²) >= 11 is 0. The second-order valence-corrected chi connectivity index (χ2v) is 6.17. The average molecular weight is 458 g/mol. The molecule has 2 N–H and O–H groups in total. The second-order valence-electron chi connectivity index (χ2n) is 6.17. The number of benzene rings is 1. The summed E-state index contributed by atoms with van der Waals surface area (Å²) in [6, 6.07) is 10.8. The first-order valence-corrected chi connectivity index (χ1v) is 9.09. The van der Waals surface area contributed by atoms with Gasteiger partial charge in [-0.05, 0) is 31.7 Å². The molecule has 1 aliphatic rings. The number of amides is 1. The minimum absolute atomic E-state index is 0. The van der Waals surface area contributed by atoms with Crippen LogP contribution in [0, 0.1) is 0 Å². The monoisotopic (exact) mass is 458 g/mol. The highest BCUT2D eigenvalue weighted by atomic mass is 127. The number of aryl methyl sites for hydroxylation is 1. The van der Waals surface area contributed by atoms with Crippen molar-refractivity contribution in [3.63, 3.8) is 0 Å². The van der Waals surface area contributed by atoms with Crippen LogP contribution < -0.4 is 10.6 Å². The molecule has 0 bridgehead atoms. The van der Waals surface area contributed by atoms with Gasteiger partial charge in [0.15, 0.2) is 5.96 Å². The zero-order valence-electron chi connectivity index (χ0n) is 15.3. The highest BCUT2D eigenvalue weighted by molar-refractivity contribution is 14.0. The van der Waals surface area contributed by atoms with Gasteiger partial charge in [-0.2, -0.15) is 0 Å². The van der Waals surface area contributed by atoms with Crippen LogP contribution in [0.3, 0.4) is 0 Å². The van der Waals surface area contributed by atoms with E-state index in [4.69, 9.17) is 0 Å².